The first-order valence-corrected chi connectivity index (χ1v) is 10.5. The number of ether oxygens (including phenoxy) is 1. The first-order chi connectivity index (χ1) is 12.3. The third kappa shape index (κ3) is 8.21. The number of unbranched alkanes of at least 4 members (excludes halogenated alkanes) is 1. The lowest BCUT2D eigenvalue weighted by molar-refractivity contribution is 0.143. The molecule has 2 heterocycles. The number of rotatable bonds is 10. The van der Waals surface area contributed by atoms with Gasteiger partial charge in [-0.1, -0.05) is 6.07 Å². The van der Waals surface area contributed by atoms with Gasteiger partial charge >= 0.3 is 0 Å². The Hall–Kier alpha value is -1.11. The maximum atomic E-state index is 5.36. The molecule has 0 saturated carbocycles. The van der Waals surface area contributed by atoms with Gasteiger partial charge in [0.1, 0.15) is 0 Å². The summed E-state index contributed by atoms with van der Waals surface area (Å²) in [4.78, 5) is 8.38. The molecule has 0 aromatic carbocycles. The number of nitrogens with one attached hydrogen (secondary N) is 2. The lowest BCUT2D eigenvalue weighted by atomic mass is 9.97. The van der Waals surface area contributed by atoms with Crippen molar-refractivity contribution in [3.05, 3.63) is 22.4 Å². The maximum Gasteiger partial charge on any atom is 0.190 e. The third-order valence-corrected chi connectivity index (χ3v) is 5.52. The summed E-state index contributed by atoms with van der Waals surface area (Å²) in [6.45, 7) is 9.19. The van der Waals surface area contributed by atoms with Gasteiger partial charge in [-0.25, -0.2) is 0 Å². The van der Waals surface area contributed by atoms with E-state index in [1.165, 1.54) is 30.8 Å². The first kappa shape index (κ1) is 20.2. The van der Waals surface area contributed by atoms with E-state index in [0.717, 1.165) is 57.6 Å². The molecule has 2 N–H and O–H groups in total. The number of likely N-dealkylation sites (tertiary alicyclic amines) is 1. The highest BCUT2D eigenvalue weighted by Crippen LogP contribution is 2.20. The second kappa shape index (κ2) is 12.3. The van der Waals surface area contributed by atoms with E-state index in [9.17, 15) is 0 Å². The Labute approximate surface area is 156 Å². The topological polar surface area (TPSA) is 48.9 Å². The van der Waals surface area contributed by atoms with E-state index in [2.05, 4.69) is 38.0 Å². The molecular weight excluding hydrogens is 332 g/mol. The van der Waals surface area contributed by atoms with Gasteiger partial charge < -0.3 is 15.4 Å². The molecule has 0 bridgehead atoms. The summed E-state index contributed by atoms with van der Waals surface area (Å²) < 4.78 is 5.36. The van der Waals surface area contributed by atoms with Crippen LogP contribution in [-0.4, -0.2) is 57.3 Å². The zero-order valence-electron chi connectivity index (χ0n) is 15.8. The first-order valence-electron chi connectivity index (χ1n) is 9.58. The highest BCUT2D eigenvalue weighted by atomic mass is 32.1. The molecule has 1 aliphatic rings. The van der Waals surface area contributed by atoms with Crippen molar-refractivity contribution in [2.75, 3.05) is 46.4 Å². The van der Waals surface area contributed by atoms with Gasteiger partial charge in [0, 0.05) is 44.8 Å². The molecule has 6 heteroatoms. The summed E-state index contributed by atoms with van der Waals surface area (Å²) in [7, 11) is 1.85. The molecule has 0 aliphatic carbocycles. The number of hydrogen-bond acceptors (Lipinski definition) is 4. The van der Waals surface area contributed by atoms with Gasteiger partial charge in [0.15, 0.2) is 5.96 Å². The van der Waals surface area contributed by atoms with Crippen LogP contribution >= 0.6 is 11.3 Å². The second-order valence-electron chi connectivity index (χ2n) is 6.58. The van der Waals surface area contributed by atoms with Crippen LogP contribution in [0.2, 0.25) is 0 Å². The van der Waals surface area contributed by atoms with Crippen LogP contribution in [0.15, 0.2) is 22.5 Å². The van der Waals surface area contributed by atoms with Gasteiger partial charge in [-0.05, 0) is 63.1 Å². The summed E-state index contributed by atoms with van der Waals surface area (Å²) in [6, 6.07) is 4.38. The molecule has 142 valence electrons. The Morgan fingerprint density at radius 3 is 2.84 bits per heavy atom. The third-order valence-electron chi connectivity index (χ3n) is 4.66. The van der Waals surface area contributed by atoms with Crippen molar-refractivity contribution >= 4 is 17.3 Å². The highest BCUT2D eigenvalue weighted by molar-refractivity contribution is 7.09. The van der Waals surface area contributed by atoms with Crippen molar-refractivity contribution < 1.29 is 4.74 Å². The number of piperidine rings is 1. The maximum absolute atomic E-state index is 5.36. The van der Waals surface area contributed by atoms with E-state index in [-0.39, 0.29) is 0 Å². The standard InChI is InChI=1S/C19H34N4OS/c1-3-24-13-5-4-10-21-19(20-2)22-15-17-8-11-23(12-9-17)16-18-7-6-14-25-18/h6-7,14,17H,3-5,8-13,15-16H2,1-2H3,(H2,20,21,22). The summed E-state index contributed by atoms with van der Waals surface area (Å²) in [6.07, 6.45) is 4.75. The fourth-order valence-corrected chi connectivity index (χ4v) is 3.86. The lowest BCUT2D eigenvalue weighted by Gasteiger charge is -2.32. The molecule has 1 fully saturated rings. The predicted octanol–water partition coefficient (Wildman–Crippen LogP) is 2.94. The fraction of sp³-hybridized carbons (Fsp3) is 0.737. The van der Waals surface area contributed by atoms with Gasteiger partial charge in [-0.2, -0.15) is 0 Å². The minimum Gasteiger partial charge on any atom is -0.382 e. The Morgan fingerprint density at radius 1 is 1.32 bits per heavy atom. The predicted molar refractivity (Wildman–Crippen MR) is 107 cm³/mol. The molecule has 2 rings (SSSR count). The number of aliphatic imine (C=N–C) groups is 1. The smallest absolute Gasteiger partial charge is 0.190 e. The van der Waals surface area contributed by atoms with E-state index in [1.807, 2.05) is 25.3 Å². The van der Waals surface area contributed by atoms with E-state index in [0.29, 0.717) is 0 Å². The van der Waals surface area contributed by atoms with Crippen LogP contribution in [0.4, 0.5) is 0 Å². The molecule has 0 spiro atoms. The van der Waals surface area contributed by atoms with E-state index in [1.54, 1.807) is 0 Å². The highest BCUT2D eigenvalue weighted by Gasteiger charge is 2.19. The number of guanidine groups is 1. The van der Waals surface area contributed by atoms with Crippen LogP contribution in [0, 0.1) is 5.92 Å². The van der Waals surface area contributed by atoms with E-state index in [4.69, 9.17) is 4.74 Å². The summed E-state index contributed by atoms with van der Waals surface area (Å²) in [5.74, 6) is 1.67. The van der Waals surface area contributed by atoms with Gasteiger partial charge in [-0.15, -0.1) is 11.3 Å². The molecular formula is C19H34N4OS. The molecule has 0 unspecified atom stereocenters. The Bertz CT molecular complexity index is 470. The van der Waals surface area contributed by atoms with Crippen LogP contribution < -0.4 is 10.6 Å². The molecule has 5 nitrogen and oxygen atoms in total. The SMILES string of the molecule is CCOCCCCNC(=NC)NCC1CCN(Cc2cccs2)CC1. The fourth-order valence-electron chi connectivity index (χ4n) is 3.11. The monoisotopic (exact) mass is 366 g/mol. The normalized spacial score (nSPS) is 17.0. The molecule has 1 saturated heterocycles. The van der Waals surface area contributed by atoms with E-state index >= 15 is 0 Å². The average molecular weight is 367 g/mol. The molecule has 1 aromatic rings. The van der Waals surface area contributed by atoms with Crippen LogP contribution in [0.3, 0.4) is 0 Å². The van der Waals surface area contributed by atoms with Gasteiger partial charge in [-0.3, -0.25) is 9.89 Å². The Balaban J connectivity index is 1.54. The minimum absolute atomic E-state index is 0.746. The van der Waals surface area contributed by atoms with Crippen LogP contribution in [-0.2, 0) is 11.3 Å². The molecule has 1 aliphatic heterocycles. The zero-order valence-corrected chi connectivity index (χ0v) is 16.6. The summed E-state index contributed by atoms with van der Waals surface area (Å²) >= 11 is 1.86. The minimum atomic E-state index is 0.746. The number of nitrogens with zero attached hydrogens (tertiary/aromatic N) is 2. The number of hydrogen-bond donors (Lipinski definition) is 2. The van der Waals surface area contributed by atoms with Gasteiger partial charge in [0.2, 0.25) is 0 Å². The summed E-state index contributed by atoms with van der Waals surface area (Å²) in [5.41, 5.74) is 0. The van der Waals surface area contributed by atoms with Crippen LogP contribution in [0.1, 0.15) is 37.5 Å². The zero-order chi connectivity index (χ0) is 17.7. The van der Waals surface area contributed by atoms with Gasteiger partial charge in [0.05, 0.1) is 0 Å². The average Bonchev–Trinajstić information content (AvgIpc) is 3.15. The molecule has 25 heavy (non-hydrogen) atoms. The molecule has 0 amide bonds. The van der Waals surface area contributed by atoms with E-state index < -0.39 is 0 Å². The Morgan fingerprint density at radius 2 is 2.16 bits per heavy atom. The van der Waals surface area contributed by atoms with Crippen LogP contribution in [0.5, 0.6) is 0 Å². The van der Waals surface area contributed by atoms with Crippen molar-refractivity contribution in [2.24, 2.45) is 10.9 Å². The van der Waals surface area contributed by atoms with Gasteiger partial charge in [0.25, 0.3) is 0 Å². The quantitative estimate of drug-likeness (QED) is 0.380. The number of thiophene rings is 1. The lowest BCUT2D eigenvalue weighted by Crippen LogP contribution is -2.43. The molecule has 0 atom stereocenters. The van der Waals surface area contributed by atoms with Crippen molar-refractivity contribution in [2.45, 2.75) is 39.2 Å². The molecule has 0 radical (unpaired) electrons. The largest absolute Gasteiger partial charge is 0.382 e. The van der Waals surface area contributed by atoms with Crippen molar-refractivity contribution in [3.8, 4) is 0 Å². The summed E-state index contributed by atoms with van der Waals surface area (Å²) in [5, 5.41) is 9.06. The Kier molecular flexibility index (Phi) is 9.92. The van der Waals surface area contributed by atoms with Crippen molar-refractivity contribution in [1.82, 2.24) is 15.5 Å². The molecule has 1 aromatic heterocycles. The van der Waals surface area contributed by atoms with Crippen LogP contribution in [0.25, 0.3) is 0 Å². The second-order valence-corrected chi connectivity index (χ2v) is 7.62. The van der Waals surface area contributed by atoms with Crippen molar-refractivity contribution in [1.29, 1.82) is 0 Å². The van der Waals surface area contributed by atoms with Crippen molar-refractivity contribution in [3.63, 3.8) is 0 Å².